The minimum Gasteiger partial charge on any atom is -0.494 e. The highest BCUT2D eigenvalue weighted by molar-refractivity contribution is 5.93. The number of carbonyl (C=O) groups excluding carboxylic acids is 2. The van der Waals surface area contributed by atoms with Gasteiger partial charge >= 0.3 is 0 Å². The summed E-state index contributed by atoms with van der Waals surface area (Å²) in [6.45, 7) is 1.25. The summed E-state index contributed by atoms with van der Waals surface area (Å²) in [5.41, 5.74) is 0.499. The average molecular weight is 392 g/mol. The van der Waals surface area contributed by atoms with Gasteiger partial charge in [-0.05, 0) is 6.07 Å². The number of amides is 2. The molecule has 0 aliphatic carbocycles. The van der Waals surface area contributed by atoms with Crippen molar-refractivity contribution in [2.75, 3.05) is 38.7 Å². The molecule has 0 aliphatic rings. The van der Waals surface area contributed by atoms with E-state index in [0.717, 1.165) is 0 Å². The van der Waals surface area contributed by atoms with Crippen molar-refractivity contribution in [1.82, 2.24) is 0 Å². The molecular weight excluding hydrogens is 371 g/mol. The Hall–Kier alpha value is -3.49. The Morgan fingerprint density at radius 3 is 1.86 bits per heavy atom. The number of anilines is 3. The molecule has 8 nitrogen and oxygen atoms in total. The molecule has 150 valence electrons. The van der Waals surface area contributed by atoms with E-state index >= 15 is 0 Å². The Morgan fingerprint density at radius 2 is 1.43 bits per heavy atom. The molecule has 0 aliphatic heterocycles. The van der Waals surface area contributed by atoms with Crippen LogP contribution in [0.25, 0.3) is 0 Å². The lowest BCUT2D eigenvalue weighted by molar-refractivity contribution is -0.114. The van der Waals surface area contributed by atoms with Crippen LogP contribution in [-0.2, 0) is 9.59 Å². The Labute approximate surface area is 161 Å². The molecular formula is C19H21FN2O6. The number of nitrogens with zero attached hydrogens (tertiary/aromatic N) is 1. The van der Waals surface area contributed by atoms with E-state index in [4.69, 9.17) is 18.9 Å². The maximum atomic E-state index is 14.4. The molecule has 2 amide bonds. The van der Waals surface area contributed by atoms with Gasteiger partial charge in [0.25, 0.3) is 0 Å². The number of carbonyl (C=O) groups is 2. The van der Waals surface area contributed by atoms with Crippen LogP contribution in [0.15, 0.2) is 24.3 Å². The van der Waals surface area contributed by atoms with Crippen molar-refractivity contribution in [2.24, 2.45) is 0 Å². The fraction of sp³-hybridized carbons (Fsp3) is 0.263. The molecule has 0 unspecified atom stereocenters. The molecule has 0 heterocycles. The lowest BCUT2D eigenvalue weighted by Crippen LogP contribution is -2.16. The number of rotatable bonds is 8. The normalized spacial score (nSPS) is 10.1. The molecule has 0 saturated heterocycles. The Kier molecular flexibility index (Phi) is 6.64. The van der Waals surface area contributed by atoms with Crippen LogP contribution in [0.1, 0.15) is 6.92 Å². The average Bonchev–Trinajstić information content (AvgIpc) is 2.69. The van der Waals surface area contributed by atoms with Gasteiger partial charge in [0.05, 0.1) is 45.5 Å². The van der Waals surface area contributed by atoms with E-state index in [-0.39, 0.29) is 17.1 Å². The third-order valence-electron chi connectivity index (χ3n) is 3.87. The summed E-state index contributed by atoms with van der Waals surface area (Å²) < 4.78 is 35.3. The predicted molar refractivity (Wildman–Crippen MR) is 102 cm³/mol. The summed E-state index contributed by atoms with van der Waals surface area (Å²) in [5, 5.41) is 2.38. The first-order valence-electron chi connectivity index (χ1n) is 8.09. The minimum absolute atomic E-state index is 0.124. The highest BCUT2D eigenvalue weighted by Crippen LogP contribution is 2.43. The number of hydrogen-bond acceptors (Lipinski definition) is 6. The molecule has 9 heteroatoms. The smallest absolute Gasteiger partial charge is 0.221 e. The van der Waals surface area contributed by atoms with Crippen LogP contribution in [-0.4, -0.2) is 40.8 Å². The Morgan fingerprint density at radius 1 is 0.929 bits per heavy atom. The number of hydrogen-bond donors (Lipinski definition) is 1. The maximum absolute atomic E-state index is 14.4. The molecule has 0 atom stereocenters. The summed E-state index contributed by atoms with van der Waals surface area (Å²) in [5.74, 6) is -0.337. The van der Waals surface area contributed by atoms with Gasteiger partial charge in [0.2, 0.25) is 18.1 Å². The van der Waals surface area contributed by atoms with E-state index in [1.165, 1.54) is 52.4 Å². The Balaban J connectivity index is 2.65. The van der Waals surface area contributed by atoms with Gasteiger partial charge in [-0.2, -0.15) is 0 Å². The second-order valence-corrected chi connectivity index (χ2v) is 5.55. The first kappa shape index (κ1) is 20.8. The van der Waals surface area contributed by atoms with Gasteiger partial charge < -0.3 is 24.3 Å². The molecule has 0 fully saturated rings. The quantitative estimate of drug-likeness (QED) is 0.695. The third kappa shape index (κ3) is 4.08. The molecule has 28 heavy (non-hydrogen) atoms. The van der Waals surface area contributed by atoms with Crippen molar-refractivity contribution in [3.8, 4) is 23.0 Å². The van der Waals surface area contributed by atoms with Gasteiger partial charge in [0, 0.05) is 25.1 Å². The summed E-state index contributed by atoms with van der Waals surface area (Å²) in [6, 6.07) is 5.77. The van der Waals surface area contributed by atoms with Gasteiger partial charge in [-0.3, -0.25) is 14.5 Å². The zero-order valence-electron chi connectivity index (χ0n) is 16.2. The van der Waals surface area contributed by atoms with Crippen LogP contribution in [0.2, 0.25) is 0 Å². The first-order chi connectivity index (χ1) is 13.4. The summed E-state index contributed by atoms with van der Waals surface area (Å²) in [7, 11) is 5.64. The number of methoxy groups -OCH3 is 4. The van der Waals surface area contributed by atoms with Crippen molar-refractivity contribution >= 4 is 29.4 Å². The van der Waals surface area contributed by atoms with E-state index in [2.05, 4.69) is 5.32 Å². The second kappa shape index (κ2) is 8.94. The molecule has 1 N–H and O–H groups in total. The van der Waals surface area contributed by atoms with Crippen LogP contribution < -0.4 is 29.2 Å². The summed E-state index contributed by atoms with van der Waals surface area (Å²) in [6.07, 6.45) is 0.533. The predicted octanol–water partition coefficient (Wildman–Crippen LogP) is 3.11. The summed E-state index contributed by atoms with van der Waals surface area (Å²) >= 11 is 0. The van der Waals surface area contributed by atoms with E-state index in [1.807, 2.05) is 0 Å². The molecule has 0 bridgehead atoms. The standard InChI is InChI=1S/C19H21FN2O6/c1-11(24)21-14-6-12(7-15(25-2)18(14)20)22(10-23)13-8-16(26-3)19(28-5)17(9-13)27-4/h6-10H,1-5H3,(H,21,24). The highest BCUT2D eigenvalue weighted by Gasteiger charge is 2.20. The molecule has 0 spiro atoms. The van der Waals surface area contributed by atoms with Gasteiger partial charge in [0.15, 0.2) is 23.1 Å². The fourth-order valence-electron chi connectivity index (χ4n) is 2.63. The van der Waals surface area contributed by atoms with Crippen LogP contribution in [0.4, 0.5) is 21.5 Å². The lowest BCUT2D eigenvalue weighted by Gasteiger charge is -2.22. The van der Waals surface area contributed by atoms with Crippen LogP contribution in [0, 0.1) is 5.82 Å². The topological polar surface area (TPSA) is 86.3 Å². The zero-order chi connectivity index (χ0) is 20.8. The number of halogens is 1. The first-order valence-corrected chi connectivity index (χ1v) is 8.09. The molecule has 0 saturated carbocycles. The van der Waals surface area contributed by atoms with Crippen molar-refractivity contribution in [3.63, 3.8) is 0 Å². The minimum atomic E-state index is -0.753. The Bertz CT molecular complexity index is 862. The zero-order valence-corrected chi connectivity index (χ0v) is 16.2. The van der Waals surface area contributed by atoms with E-state index in [0.29, 0.717) is 29.3 Å². The van der Waals surface area contributed by atoms with Crippen LogP contribution in [0.5, 0.6) is 23.0 Å². The highest BCUT2D eigenvalue weighted by atomic mass is 19.1. The van der Waals surface area contributed by atoms with Crippen molar-refractivity contribution < 1.29 is 32.9 Å². The molecule has 2 aromatic rings. The monoisotopic (exact) mass is 392 g/mol. The van der Waals surface area contributed by atoms with Crippen molar-refractivity contribution in [1.29, 1.82) is 0 Å². The van der Waals surface area contributed by atoms with E-state index < -0.39 is 11.7 Å². The van der Waals surface area contributed by atoms with Gasteiger partial charge in [-0.1, -0.05) is 0 Å². The van der Waals surface area contributed by atoms with Crippen molar-refractivity contribution in [3.05, 3.63) is 30.1 Å². The van der Waals surface area contributed by atoms with Gasteiger partial charge in [0.1, 0.15) is 0 Å². The molecule has 2 aromatic carbocycles. The fourth-order valence-corrected chi connectivity index (χ4v) is 2.63. The largest absolute Gasteiger partial charge is 0.494 e. The molecule has 0 aromatic heterocycles. The van der Waals surface area contributed by atoms with Gasteiger partial charge in [-0.15, -0.1) is 0 Å². The third-order valence-corrected chi connectivity index (χ3v) is 3.87. The second-order valence-electron chi connectivity index (χ2n) is 5.55. The lowest BCUT2D eigenvalue weighted by atomic mass is 10.2. The SMILES string of the molecule is COc1cc(N(C=O)c2cc(OC)c(OC)c(OC)c2)cc(NC(C)=O)c1F. The molecule has 0 radical (unpaired) electrons. The van der Waals surface area contributed by atoms with E-state index in [9.17, 15) is 14.0 Å². The van der Waals surface area contributed by atoms with Crippen molar-refractivity contribution in [2.45, 2.75) is 6.92 Å². The van der Waals surface area contributed by atoms with E-state index in [1.54, 1.807) is 12.1 Å². The maximum Gasteiger partial charge on any atom is 0.221 e. The van der Waals surface area contributed by atoms with Gasteiger partial charge in [-0.25, -0.2) is 4.39 Å². The van der Waals surface area contributed by atoms with Crippen LogP contribution >= 0.6 is 0 Å². The van der Waals surface area contributed by atoms with Crippen LogP contribution in [0.3, 0.4) is 0 Å². The number of ether oxygens (including phenoxy) is 4. The molecule has 2 rings (SSSR count). The number of nitrogens with one attached hydrogen (secondary N) is 1. The number of benzene rings is 2. The summed E-state index contributed by atoms with van der Waals surface area (Å²) in [4.78, 5) is 24.5.